The summed E-state index contributed by atoms with van der Waals surface area (Å²) >= 11 is 0. The normalized spacial score (nSPS) is 17.0. The maximum atomic E-state index is 13.1. The van der Waals surface area contributed by atoms with Crippen LogP contribution in [0, 0.1) is 0 Å². The minimum Gasteiger partial charge on any atom is -0.351 e. The molecule has 1 amide bonds. The van der Waals surface area contributed by atoms with Crippen molar-refractivity contribution >= 4 is 15.7 Å². The number of carbonyl (C=O) groups excluding carboxylic acids is 1. The van der Waals surface area contributed by atoms with Crippen molar-refractivity contribution < 1.29 is 13.2 Å². The van der Waals surface area contributed by atoms with Crippen molar-refractivity contribution in [2.45, 2.75) is 49.0 Å². The number of hydrogen-bond donors (Lipinski definition) is 1. The highest BCUT2D eigenvalue weighted by Crippen LogP contribution is 2.40. The van der Waals surface area contributed by atoms with Crippen molar-refractivity contribution in [1.29, 1.82) is 0 Å². The molecular weight excluding hydrogens is 350 g/mol. The van der Waals surface area contributed by atoms with E-state index in [-0.39, 0.29) is 10.8 Å². The third-order valence-electron chi connectivity index (χ3n) is 5.19. The molecule has 0 radical (unpaired) electrons. The highest BCUT2D eigenvalue weighted by molar-refractivity contribution is 7.90. The fourth-order valence-electron chi connectivity index (χ4n) is 3.74. The Hall–Kier alpha value is -2.15. The molecule has 1 aromatic heterocycles. The third-order valence-corrected chi connectivity index (χ3v) is 6.32. The molecule has 1 fully saturated rings. The van der Waals surface area contributed by atoms with E-state index in [1.165, 1.54) is 6.26 Å². The van der Waals surface area contributed by atoms with Crippen LogP contribution in [0.1, 0.15) is 43.2 Å². The lowest BCUT2D eigenvalue weighted by atomic mass is 9.68. The largest absolute Gasteiger partial charge is 0.351 e. The summed E-state index contributed by atoms with van der Waals surface area (Å²) in [5.41, 5.74) is 1.27. The van der Waals surface area contributed by atoms with Gasteiger partial charge in [-0.15, -0.1) is 0 Å². The summed E-state index contributed by atoms with van der Waals surface area (Å²) in [7, 11) is -1.40. The summed E-state index contributed by atoms with van der Waals surface area (Å²) in [6.07, 6.45) is 9.50. The summed E-state index contributed by atoms with van der Waals surface area (Å²) < 4.78 is 25.1. The Balaban J connectivity index is 1.84. The first-order chi connectivity index (χ1) is 12.3. The predicted molar refractivity (Wildman–Crippen MR) is 99.4 cm³/mol. The minimum absolute atomic E-state index is 0.00755. The fraction of sp³-hybridized carbons (Fsp3) is 0.474. The van der Waals surface area contributed by atoms with Gasteiger partial charge in [0.05, 0.1) is 16.5 Å². The van der Waals surface area contributed by atoms with Gasteiger partial charge in [-0.05, 0) is 30.5 Å². The second-order valence-corrected chi connectivity index (χ2v) is 9.16. The van der Waals surface area contributed by atoms with E-state index >= 15 is 0 Å². The van der Waals surface area contributed by atoms with Gasteiger partial charge in [0.15, 0.2) is 9.84 Å². The minimum atomic E-state index is -3.24. The monoisotopic (exact) mass is 375 g/mol. The fourth-order valence-corrected chi connectivity index (χ4v) is 4.37. The van der Waals surface area contributed by atoms with Gasteiger partial charge in [-0.3, -0.25) is 9.48 Å². The number of rotatable bonds is 5. The molecule has 0 spiro atoms. The summed E-state index contributed by atoms with van der Waals surface area (Å²) in [5, 5.41) is 7.18. The van der Waals surface area contributed by atoms with Crippen molar-refractivity contribution in [3.8, 4) is 0 Å². The molecule has 0 saturated heterocycles. The van der Waals surface area contributed by atoms with Gasteiger partial charge in [-0.2, -0.15) is 5.10 Å². The molecule has 1 N–H and O–H groups in total. The second kappa shape index (κ2) is 7.23. The van der Waals surface area contributed by atoms with Crippen LogP contribution in [0.15, 0.2) is 41.6 Å². The molecule has 140 valence electrons. The molecule has 1 aliphatic rings. The Morgan fingerprint density at radius 1 is 1.19 bits per heavy atom. The molecule has 1 aliphatic carbocycles. The molecule has 3 rings (SSSR count). The topological polar surface area (TPSA) is 81.1 Å². The molecule has 1 aromatic carbocycles. The molecular formula is C19H25N3O3S. The van der Waals surface area contributed by atoms with E-state index in [4.69, 9.17) is 0 Å². The number of amides is 1. The lowest BCUT2D eigenvalue weighted by molar-refractivity contribution is -0.128. The average molecular weight is 375 g/mol. The molecule has 26 heavy (non-hydrogen) atoms. The van der Waals surface area contributed by atoms with Gasteiger partial charge in [-0.1, -0.05) is 31.4 Å². The van der Waals surface area contributed by atoms with E-state index in [9.17, 15) is 13.2 Å². The Labute approximate surface area is 154 Å². The van der Waals surface area contributed by atoms with E-state index in [1.54, 1.807) is 35.1 Å². The van der Waals surface area contributed by atoms with E-state index in [0.29, 0.717) is 6.54 Å². The average Bonchev–Trinajstić information content (AvgIpc) is 3.05. The molecule has 2 aromatic rings. The summed E-state index contributed by atoms with van der Waals surface area (Å²) in [4.78, 5) is 13.4. The van der Waals surface area contributed by atoms with Gasteiger partial charge in [0.25, 0.3) is 0 Å². The van der Waals surface area contributed by atoms with E-state index in [2.05, 4.69) is 10.4 Å². The standard InChI is InChI=1S/C19H25N3O3S/c1-22-14-15(13-21-22)12-20-18(23)19(10-4-3-5-11-19)16-6-8-17(9-7-16)26(2,24)25/h6-9,13-14H,3-5,10-12H2,1-2H3,(H,20,23). The second-order valence-electron chi connectivity index (χ2n) is 7.14. The zero-order chi connectivity index (χ0) is 18.8. The molecule has 1 saturated carbocycles. The molecule has 0 aliphatic heterocycles. The van der Waals surface area contributed by atoms with Gasteiger partial charge < -0.3 is 5.32 Å². The van der Waals surface area contributed by atoms with Crippen LogP contribution in [0.25, 0.3) is 0 Å². The zero-order valence-corrected chi connectivity index (χ0v) is 16.1. The van der Waals surface area contributed by atoms with Gasteiger partial charge in [-0.25, -0.2) is 8.42 Å². The molecule has 6 nitrogen and oxygen atoms in total. The first-order valence-corrected chi connectivity index (χ1v) is 10.8. The third kappa shape index (κ3) is 3.82. The van der Waals surface area contributed by atoms with Crippen LogP contribution in [-0.2, 0) is 33.6 Å². The Bertz CT molecular complexity index is 879. The summed E-state index contributed by atoms with van der Waals surface area (Å²) in [5.74, 6) is 0.00755. The molecule has 7 heteroatoms. The number of aryl methyl sites for hydroxylation is 1. The molecule has 0 atom stereocenters. The lowest BCUT2D eigenvalue weighted by Crippen LogP contribution is -2.45. The van der Waals surface area contributed by atoms with Crippen LogP contribution in [-0.4, -0.2) is 30.4 Å². The molecule has 0 unspecified atom stereocenters. The first kappa shape index (κ1) is 18.6. The van der Waals surface area contributed by atoms with Gasteiger partial charge in [0.1, 0.15) is 0 Å². The number of benzene rings is 1. The van der Waals surface area contributed by atoms with Crippen molar-refractivity contribution in [3.63, 3.8) is 0 Å². The zero-order valence-electron chi connectivity index (χ0n) is 15.2. The molecule has 0 bridgehead atoms. The highest BCUT2D eigenvalue weighted by atomic mass is 32.2. The number of hydrogen-bond acceptors (Lipinski definition) is 4. The summed E-state index contributed by atoms with van der Waals surface area (Å²) in [6.45, 7) is 0.440. The number of nitrogens with zero attached hydrogens (tertiary/aromatic N) is 2. The van der Waals surface area contributed by atoms with Crippen LogP contribution >= 0.6 is 0 Å². The predicted octanol–water partition coefficient (Wildman–Crippen LogP) is 2.34. The van der Waals surface area contributed by atoms with Crippen molar-refractivity contribution in [1.82, 2.24) is 15.1 Å². The van der Waals surface area contributed by atoms with Crippen LogP contribution in [0.4, 0.5) is 0 Å². The Morgan fingerprint density at radius 3 is 2.38 bits per heavy atom. The van der Waals surface area contributed by atoms with Crippen LogP contribution < -0.4 is 5.32 Å². The van der Waals surface area contributed by atoms with Crippen molar-refractivity contribution in [2.75, 3.05) is 6.26 Å². The first-order valence-electron chi connectivity index (χ1n) is 8.88. The molecule has 1 heterocycles. The summed E-state index contributed by atoms with van der Waals surface area (Å²) in [6, 6.07) is 6.81. The van der Waals surface area contributed by atoms with E-state index < -0.39 is 15.3 Å². The van der Waals surface area contributed by atoms with Crippen molar-refractivity contribution in [2.24, 2.45) is 7.05 Å². The SMILES string of the molecule is Cn1cc(CNC(=O)C2(c3ccc(S(C)(=O)=O)cc3)CCCCC2)cn1. The Kier molecular flexibility index (Phi) is 5.18. The van der Waals surface area contributed by atoms with Gasteiger partial charge in [0.2, 0.25) is 5.91 Å². The van der Waals surface area contributed by atoms with E-state index in [1.807, 2.05) is 13.2 Å². The maximum absolute atomic E-state index is 13.1. The van der Waals surface area contributed by atoms with Crippen LogP contribution in [0.3, 0.4) is 0 Å². The quantitative estimate of drug-likeness (QED) is 0.870. The number of carbonyl (C=O) groups is 1. The number of aromatic nitrogens is 2. The number of nitrogens with one attached hydrogen (secondary N) is 1. The smallest absolute Gasteiger partial charge is 0.230 e. The lowest BCUT2D eigenvalue weighted by Gasteiger charge is -2.36. The number of sulfone groups is 1. The van der Waals surface area contributed by atoms with Crippen LogP contribution in [0.5, 0.6) is 0 Å². The van der Waals surface area contributed by atoms with Gasteiger partial charge >= 0.3 is 0 Å². The van der Waals surface area contributed by atoms with Crippen molar-refractivity contribution in [3.05, 3.63) is 47.8 Å². The highest BCUT2D eigenvalue weighted by Gasteiger charge is 2.41. The van der Waals surface area contributed by atoms with Gasteiger partial charge in [0, 0.05) is 31.6 Å². The maximum Gasteiger partial charge on any atom is 0.230 e. The van der Waals surface area contributed by atoms with E-state index in [0.717, 1.165) is 43.2 Å². The Morgan fingerprint density at radius 2 is 1.85 bits per heavy atom. The van der Waals surface area contributed by atoms with Crippen LogP contribution in [0.2, 0.25) is 0 Å².